The van der Waals surface area contributed by atoms with Gasteiger partial charge in [-0.3, -0.25) is 4.79 Å². The van der Waals surface area contributed by atoms with E-state index in [9.17, 15) is 10.1 Å². The van der Waals surface area contributed by atoms with Gasteiger partial charge in [0.1, 0.15) is 17.4 Å². The summed E-state index contributed by atoms with van der Waals surface area (Å²) in [4.78, 5) is 12.2. The predicted molar refractivity (Wildman–Crippen MR) is 95.4 cm³/mol. The summed E-state index contributed by atoms with van der Waals surface area (Å²) < 4.78 is 5.11. The molecule has 0 fully saturated rings. The van der Waals surface area contributed by atoms with Crippen molar-refractivity contribution >= 4 is 40.5 Å². The van der Waals surface area contributed by atoms with Gasteiger partial charge in [-0.25, -0.2) is 0 Å². The zero-order valence-electron chi connectivity index (χ0n) is 12.6. The summed E-state index contributed by atoms with van der Waals surface area (Å²) >= 11 is 11.9. The van der Waals surface area contributed by atoms with Crippen molar-refractivity contribution in [1.29, 1.82) is 5.26 Å². The summed E-state index contributed by atoms with van der Waals surface area (Å²) in [5, 5.41) is 15.1. The second-order valence-corrected chi connectivity index (χ2v) is 5.39. The van der Waals surface area contributed by atoms with Crippen LogP contribution in [0.2, 0.25) is 10.0 Å². The second kappa shape index (κ2) is 8.25. The third-order valence-electron chi connectivity index (χ3n) is 3.02. The molecule has 122 valence electrons. The molecule has 1 amide bonds. The minimum Gasteiger partial charge on any atom is -0.497 e. The van der Waals surface area contributed by atoms with E-state index in [0.717, 1.165) is 0 Å². The number of anilines is 2. The first-order valence-corrected chi connectivity index (χ1v) is 7.57. The number of amides is 1. The monoisotopic (exact) mass is 361 g/mol. The van der Waals surface area contributed by atoms with Crippen molar-refractivity contribution in [2.45, 2.75) is 0 Å². The lowest BCUT2D eigenvalue weighted by atomic mass is 10.2. The summed E-state index contributed by atoms with van der Waals surface area (Å²) in [7, 11) is 1.55. The van der Waals surface area contributed by atoms with E-state index in [1.165, 1.54) is 6.20 Å². The third-order valence-corrected chi connectivity index (χ3v) is 3.84. The van der Waals surface area contributed by atoms with Gasteiger partial charge in [0, 0.05) is 18.0 Å². The molecule has 0 aliphatic heterocycles. The van der Waals surface area contributed by atoms with E-state index in [2.05, 4.69) is 10.6 Å². The Labute approximate surface area is 149 Å². The van der Waals surface area contributed by atoms with E-state index in [1.54, 1.807) is 49.6 Å². The number of hydrogen-bond acceptors (Lipinski definition) is 4. The van der Waals surface area contributed by atoms with Crippen LogP contribution in [-0.4, -0.2) is 13.0 Å². The van der Waals surface area contributed by atoms with Crippen LogP contribution in [-0.2, 0) is 4.79 Å². The molecule has 7 heteroatoms. The van der Waals surface area contributed by atoms with Crippen LogP contribution in [0.4, 0.5) is 11.4 Å². The van der Waals surface area contributed by atoms with Crippen LogP contribution in [0.3, 0.4) is 0 Å². The van der Waals surface area contributed by atoms with Crippen LogP contribution < -0.4 is 15.4 Å². The summed E-state index contributed by atoms with van der Waals surface area (Å²) in [5.74, 6) is 0.0548. The van der Waals surface area contributed by atoms with Crippen molar-refractivity contribution < 1.29 is 9.53 Å². The molecule has 0 spiro atoms. The van der Waals surface area contributed by atoms with E-state index in [4.69, 9.17) is 27.9 Å². The molecular formula is C17H13Cl2N3O2. The van der Waals surface area contributed by atoms with E-state index in [0.29, 0.717) is 22.1 Å². The van der Waals surface area contributed by atoms with Crippen molar-refractivity contribution in [3.8, 4) is 11.8 Å². The van der Waals surface area contributed by atoms with Gasteiger partial charge in [-0.15, -0.1) is 0 Å². The van der Waals surface area contributed by atoms with Gasteiger partial charge < -0.3 is 15.4 Å². The van der Waals surface area contributed by atoms with Crippen LogP contribution >= 0.6 is 23.2 Å². The number of hydrogen-bond donors (Lipinski definition) is 2. The first kappa shape index (κ1) is 17.7. The number of halogens is 2. The number of methoxy groups -OCH3 is 1. The Morgan fingerprint density at radius 2 is 2.00 bits per heavy atom. The van der Waals surface area contributed by atoms with E-state index in [1.807, 2.05) is 6.07 Å². The smallest absolute Gasteiger partial charge is 0.267 e. The van der Waals surface area contributed by atoms with Crippen molar-refractivity contribution in [1.82, 2.24) is 0 Å². The largest absolute Gasteiger partial charge is 0.497 e. The molecule has 0 heterocycles. The van der Waals surface area contributed by atoms with E-state index >= 15 is 0 Å². The number of benzene rings is 2. The molecule has 0 aromatic heterocycles. The average molecular weight is 362 g/mol. The summed E-state index contributed by atoms with van der Waals surface area (Å²) in [6.07, 6.45) is 1.31. The van der Waals surface area contributed by atoms with Crippen molar-refractivity contribution in [3.05, 3.63) is 64.3 Å². The standard InChI is InChI=1S/C17H13Cl2N3O2/c1-24-13-5-2-4-12(8-13)21-10-11(9-20)17(23)22-15-7-3-6-14(18)16(15)19/h2-8,10,21H,1H3,(H,22,23)/b11-10-. The number of ether oxygens (including phenoxy) is 1. The number of carbonyl (C=O) groups is 1. The molecule has 0 saturated carbocycles. The summed E-state index contributed by atoms with van der Waals surface area (Å²) in [6, 6.07) is 13.8. The van der Waals surface area contributed by atoms with Crippen molar-refractivity contribution in [3.63, 3.8) is 0 Å². The number of rotatable bonds is 5. The average Bonchev–Trinajstić information content (AvgIpc) is 2.59. The van der Waals surface area contributed by atoms with E-state index < -0.39 is 5.91 Å². The molecule has 0 bridgehead atoms. The van der Waals surface area contributed by atoms with Gasteiger partial charge in [-0.2, -0.15) is 5.26 Å². The lowest BCUT2D eigenvalue weighted by Crippen LogP contribution is -2.14. The Morgan fingerprint density at radius 3 is 2.71 bits per heavy atom. The maximum absolute atomic E-state index is 12.2. The van der Waals surface area contributed by atoms with Gasteiger partial charge in [0.25, 0.3) is 5.91 Å². The fourth-order valence-corrected chi connectivity index (χ4v) is 2.15. The maximum atomic E-state index is 12.2. The van der Waals surface area contributed by atoms with Crippen molar-refractivity contribution in [2.24, 2.45) is 0 Å². The molecule has 2 rings (SSSR count). The Hall–Kier alpha value is -2.68. The molecule has 5 nitrogen and oxygen atoms in total. The molecule has 0 aliphatic rings. The highest BCUT2D eigenvalue weighted by Gasteiger charge is 2.12. The summed E-state index contributed by atoms with van der Waals surface area (Å²) in [6.45, 7) is 0. The Balaban J connectivity index is 2.13. The molecule has 0 aliphatic carbocycles. The first-order valence-electron chi connectivity index (χ1n) is 6.81. The zero-order chi connectivity index (χ0) is 17.5. The number of carbonyl (C=O) groups excluding carboxylic acids is 1. The topological polar surface area (TPSA) is 74.1 Å². The highest BCUT2D eigenvalue weighted by molar-refractivity contribution is 6.44. The minimum absolute atomic E-state index is 0.117. The number of nitrogens with zero attached hydrogens (tertiary/aromatic N) is 1. The molecule has 0 unspecified atom stereocenters. The van der Waals surface area contributed by atoms with Gasteiger partial charge in [0.15, 0.2) is 0 Å². The van der Waals surface area contributed by atoms with Crippen LogP contribution in [0.25, 0.3) is 0 Å². The Kier molecular flexibility index (Phi) is 6.07. The lowest BCUT2D eigenvalue weighted by Gasteiger charge is -2.08. The molecule has 2 N–H and O–H groups in total. The maximum Gasteiger partial charge on any atom is 0.267 e. The van der Waals surface area contributed by atoms with Gasteiger partial charge in [-0.05, 0) is 24.3 Å². The zero-order valence-corrected chi connectivity index (χ0v) is 14.2. The van der Waals surface area contributed by atoms with Gasteiger partial charge >= 0.3 is 0 Å². The Bertz CT molecular complexity index is 829. The molecule has 0 saturated heterocycles. The van der Waals surface area contributed by atoms with Crippen LogP contribution in [0.1, 0.15) is 0 Å². The molecule has 2 aromatic rings. The molecule has 0 atom stereocenters. The van der Waals surface area contributed by atoms with E-state index in [-0.39, 0.29) is 10.6 Å². The molecule has 0 radical (unpaired) electrons. The fraction of sp³-hybridized carbons (Fsp3) is 0.0588. The minimum atomic E-state index is -0.600. The first-order chi connectivity index (χ1) is 11.5. The van der Waals surface area contributed by atoms with Gasteiger partial charge in [-0.1, -0.05) is 35.3 Å². The lowest BCUT2D eigenvalue weighted by molar-refractivity contribution is -0.112. The van der Waals surface area contributed by atoms with Gasteiger partial charge in [0.2, 0.25) is 0 Å². The molecule has 24 heavy (non-hydrogen) atoms. The van der Waals surface area contributed by atoms with Crippen molar-refractivity contribution in [2.75, 3.05) is 17.7 Å². The normalized spacial score (nSPS) is 10.7. The Morgan fingerprint density at radius 1 is 1.25 bits per heavy atom. The number of nitriles is 1. The predicted octanol–water partition coefficient (Wildman–Crippen LogP) is 4.46. The highest BCUT2D eigenvalue weighted by atomic mass is 35.5. The highest BCUT2D eigenvalue weighted by Crippen LogP contribution is 2.29. The van der Waals surface area contributed by atoms with Crippen LogP contribution in [0.5, 0.6) is 5.75 Å². The quantitative estimate of drug-likeness (QED) is 0.608. The third kappa shape index (κ3) is 4.42. The second-order valence-electron chi connectivity index (χ2n) is 4.60. The van der Waals surface area contributed by atoms with Crippen LogP contribution in [0.15, 0.2) is 54.2 Å². The fourth-order valence-electron chi connectivity index (χ4n) is 1.81. The van der Waals surface area contributed by atoms with Crippen LogP contribution in [0, 0.1) is 11.3 Å². The van der Waals surface area contributed by atoms with Gasteiger partial charge in [0.05, 0.1) is 22.8 Å². The number of nitrogens with one attached hydrogen (secondary N) is 2. The SMILES string of the molecule is COc1cccc(N/C=C(/C#N)C(=O)Nc2cccc(Cl)c2Cl)c1. The molecule has 2 aromatic carbocycles. The molecular weight excluding hydrogens is 349 g/mol. The summed E-state index contributed by atoms with van der Waals surface area (Å²) in [5.41, 5.74) is 0.890.